The minimum absolute atomic E-state index is 0.0203. The summed E-state index contributed by atoms with van der Waals surface area (Å²) < 4.78 is 72.5. The number of piperazine rings is 1. The van der Waals surface area contributed by atoms with Gasteiger partial charge in [-0.3, -0.25) is 4.90 Å². The number of hydrogen-bond donors (Lipinski definition) is 5. The lowest BCUT2D eigenvalue weighted by Gasteiger charge is -2.26. The Bertz CT molecular complexity index is 2050. The topological polar surface area (TPSA) is 172 Å². The molecule has 1 saturated heterocycles. The van der Waals surface area contributed by atoms with Crippen molar-refractivity contribution in [3.05, 3.63) is 137 Å². The molecular formula is C43H55F3N6O4S. The second-order valence-corrected chi connectivity index (χ2v) is 15.3. The van der Waals surface area contributed by atoms with Crippen molar-refractivity contribution in [2.75, 3.05) is 57.0 Å². The molecule has 14 heteroatoms. The molecule has 0 bridgehead atoms. The number of rotatable bonds is 9. The number of aryl methyl sites for hydroxylation is 3. The first-order valence-corrected chi connectivity index (χ1v) is 20.4. The number of nitrogens with one attached hydrogen (secondary N) is 1. The van der Waals surface area contributed by atoms with E-state index in [4.69, 9.17) is 32.4 Å². The summed E-state index contributed by atoms with van der Waals surface area (Å²) in [5, 5.41) is 3.29. The first-order chi connectivity index (χ1) is 27.0. The highest BCUT2D eigenvalue weighted by Crippen LogP contribution is 2.39. The molecule has 6 rings (SSSR count). The number of halogens is 3. The van der Waals surface area contributed by atoms with Gasteiger partial charge in [0.15, 0.2) is 9.84 Å². The quantitative estimate of drug-likeness (QED) is 0.0929. The number of sulfone groups is 1. The second kappa shape index (κ2) is 22.6. The van der Waals surface area contributed by atoms with Crippen molar-refractivity contribution in [3.63, 3.8) is 0 Å². The summed E-state index contributed by atoms with van der Waals surface area (Å²) >= 11 is 0. The third kappa shape index (κ3) is 16.5. The van der Waals surface area contributed by atoms with Crippen LogP contribution in [0.15, 0.2) is 114 Å². The molecule has 1 aliphatic rings. The van der Waals surface area contributed by atoms with Gasteiger partial charge in [-0.15, -0.1) is 0 Å². The van der Waals surface area contributed by atoms with Crippen LogP contribution in [0.4, 0.5) is 24.5 Å². The van der Waals surface area contributed by atoms with Crippen molar-refractivity contribution in [2.24, 2.45) is 11.5 Å². The van der Waals surface area contributed by atoms with E-state index in [9.17, 15) is 21.6 Å². The first-order valence-electron chi connectivity index (χ1n) is 18.5. The van der Waals surface area contributed by atoms with Crippen molar-refractivity contribution < 1.29 is 31.1 Å². The van der Waals surface area contributed by atoms with E-state index in [-0.39, 0.29) is 17.2 Å². The number of ether oxygens (including phenoxy) is 2. The second-order valence-electron chi connectivity index (χ2n) is 13.3. The highest BCUT2D eigenvalue weighted by Gasteiger charge is 2.34. The highest BCUT2D eigenvalue weighted by molar-refractivity contribution is 7.90. The van der Waals surface area contributed by atoms with Gasteiger partial charge in [0.25, 0.3) is 0 Å². The Hall–Kier alpha value is -5.12. The van der Waals surface area contributed by atoms with Crippen molar-refractivity contribution in [1.29, 1.82) is 0 Å². The Morgan fingerprint density at radius 3 is 1.82 bits per heavy atom. The van der Waals surface area contributed by atoms with Gasteiger partial charge in [-0.2, -0.15) is 13.2 Å². The average molecular weight is 809 g/mol. The van der Waals surface area contributed by atoms with E-state index in [0.29, 0.717) is 28.6 Å². The molecule has 0 amide bonds. The van der Waals surface area contributed by atoms with E-state index in [1.807, 2.05) is 32.0 Å². The van der Waals surface area contributed by atoms with E-state index in [1.165, 1.54) is 41.6 Å². The van der Waals surface area contributed by atoms with E-state index >= 15 is 0 Å². The number of nitrogens with zero attached hydrogens (tertiary/aromatic N) is 1. The van der Waals surface area contributed by atoms with Crippen LogP contribution in [-0.2, 0) is 29.0 Å². The van der Waals surface area contributed by atoms with Crippen LogP contribution in [0.25, 0.3) is 0 Å². The van der Waals surface area contributed by atoms with E-state index in [2.05, 4.69) is 41.4 Å². The molecule has 0 aromatic heterocycles. The first kappa shape index (κ1) is 46.3. The Balaban J connectivity index is 0.000000237. The third-order valence-electron chi connectivity index (χ3n) is 8.52. The number of nitrogens with two attached hydrogens (primary N) is 4. The van der Waals surface area contributed by atoms with Crippen LogP contribution in [0.2, 0.25) is 0 Å². The van der Waals surface area contributed by atoms with Crippen molar-refractivity contribution >= 4 is 21.2 Å². The number of alkyl halides is 3. The molecule has 0 unspecified atom stereocenters. The summed E-state index contributed by atoms with van der Waals surface area (Å²) in [5.41, 5.74) is 26.1. The molecule has 308 valence electrons. The van der Waals surface area contributed by atoms with Crippen LogP contribution < -0.4 is 37.7 Å². The molecule has 0 radical (unpaired) electrons. The zero-order valence-corrected chi connectivity index (χ0v) is 33.8. The van der Waals surface area contributed by atoms with Crippen molar-refractivity contribution in [1.82, 2.24) is 10.2 Å². The summed E-state index contributed by atoms with van der Waals surface area (Å²) in [5.74, 6) is 1.23. The summed E-state index contributed by atoms with van der Waals surface area (Å²) in [6, 6.07) is 30.1. The van der Waals surface area contributed by atoms with E-state index in [0.717, 1.165) is 62.9 Å². The fourth-order valence-electron chi connectivity index (χ4n) is 5.41. The van der Waals surface area contributed by atoms with Gasteiger partial charge in [0.1, 0.15) is 28.6 Å². The molecular weight excluding hydrogens is 754 g/mol. The molecule has 5 aromatic rings. The normalized spacial score (nSPS) is 12.8. The molecule has 1 fully saturated rings. The predicted molar refractivity (Wildman–Crippen MR) is 224 cm³/mol. The largest absolute Gasteiger partial charge is 0.457 e. The zero-order chi connectivity index (χ0) is 42.0. The van der Waals surface area contributed by atoms with Gasteiger partial charge < -0.3 is 37.7 Å². The van der Waals surface area contributed by atoms with Crippen LogP contribution in [0.3, 0.4) is 0 Å². The van der Waals surface area contributed by atoms with Gasteiger partial charge in [0.2, 0.25) is 0 Å². The lowest BCUT2D eigenvalue weighted by atomic mass is 10.1. The molecule has 0 spiro atoms. The molecule has 1 aliphatic heterocycles. The maximum Gasteiger partial charge on any atom is 0.420 e. The van der Waals surface area contributed by atoms with Crippen LogP contribution in [-0.4, -0.2) is 58.8 Å². The fraction of sp³-hybridized carbons (Fsp3) is 0.302. The van der Waals surface area contributed by atoms with Crippen LogP contribution in [0.1, 0.15) is 34.7 Å². The smallest absolute Gasteiger partial charge is 0.420 e. The number of anilines is 2. The monoisotopic (exact) mass is 808 g/mol. The lowest BCUT2D eigenvalue weighted by molar-refractivity contribution is -0.138. The van der Waals surface area contributed by atoms with Crippen LogP contribution >= 0.6 is 0 Å². The standard InChI is InChI=1S/C21H18F3NO2.C9H13N.C7H9NO2S.C6H15N3/c1-13-3-9-19(14(2)11-13)26-16-5-7-17(8-6-16)27-20-10-4-15(25)12-18(20)21(22,23)24;1-2-8-4-3-5-9(6-8)7-10;1-11(9,10)7-4-2-6(8)3-5-7;7-1-4-9-5-2-8-3-6-9/h3-12H,25H2,1-2H3;3-6H,2,7,10H2,1H3;2-5H,8H2,1H3;8H,1-7H2. The Morgan fingerprint density at radius 2 is 1.30 bits per heavy atom. The zero-order valence-electron chi connectivity index (χ0n) is 33.0. The Kier molecular flexibility index (Phi) is 18.3. The molecule has 5 aromatic carbocycles. The molecule has 10 nitrogen and oxygen atoms in total. The summed E-state index contributed by atoms with van der Waals surface area (Å²) in [7, 11) is -3.08. The minimum Gasteiger partial charge on any atom is -0.457 e. The molecule has 57 heavy (non-hydrogen) atoms. The predicted octanol–water partition coefficient (Wildman–Crippen LogP) is 7.72. The van der Waals surface area contributed by atoms with Crippen molar-refractivity contribution in [2.45, 2.75) is 44.8 Å². The van der Waals surface area contributed by atoms with Gasteiger partial charge in [-0.05, 0) is 110 Å². The lowest BCUT2D eigenvalue weighted by Crippen LogP contribution is -2.45. The fourth-order valence-corrected chi connectivity index (χ4v) is 6.04. The van der Waals surface area contributed by atoms with Crippen molar-refractivity contribution in [3.8, 4) is 23.0 Å². The molecule has 9 N–H and O–H groups in total. The van der Waals surface area contributed by atoms with Gasteiger partial charge in [0, 0.05) is 63.4 Å². The number of nitrogen functional groups attached to an aromatic ring is 2. The molecule has 0 saturated carbocycles. The molecule has 0 atom stereocenters. The Morgan fingerprint density at radius 1 is 0.737 bits per heavy atom. The number of hydrogen-bond acceptors (Lipinski definition) is 10. The minimum atomic E-state index is -4.56. The van der Waals surface area contributed by atoms with Gasteiger partial charge in [-0.25, -0.2) is 8.42 Å². The van der Waals surface area contributed by atoms with E-state index in [1.54, 1.807) is 36.4 Å². The molecule has 1 heterocycles. The van der Waals surface area contributed by atoms with Gasteiger partial charge in [0.05, 0.1) is 4.90 Å². The maximum absolute atomic E-state index is 13.1. The maximum atomic E-state index is 13.1. The van der Waals surface area contributed by atoms with E-state index < -0.39 is 21.6 Å². The van der Waals surface area contributed by atoms with Crippen LogP contribution in [0.5, 0.6) is 23.0 Å². The number of benzene rings is 5. The highest BCUT2D eigenvalue weighted by atomic mass is 32.2. The Labute approximate surface area is 334 Å². The summed E-state index contributed by atoms with van der Waals surface area (Å²) in [6.45, 7) is 13.2. The summed E-state index contributed by atoms with van der Waals surface area (Å²) in [4.78, 5) is 2.68. The third-order valence-corrected chi connectivity index (χ3v) is 9.65. The summed E-state index contributed by atoms with van der Waals surface area (Å²) in [6.07, 6.45) is -2.30. The van der Waals surface area contributed by atoms with Crippen LogP contribution in [0, 0.1) is 13.8 Å². The van der Waals surface area contributed by atoms with Gasteiger partial charge in [-0.1, -0.05) is 48.9 Å². The molecule has 0 aliphatic carbocycles. The SMILES string of the molecule is CCc1cccc(CN)c1.CS(=O)(=O)c1ccc(N)cc1.Cc1ccc(Oc2ccc(Oc3ccc(N)cc3C(F)(F)F)cc2)c(C)c1.NCCN1CCNCC1. The average Bonchev–Trinajstić information content (AvgIpc) is 3.18. The van der Waals surface area contributed by atoms with Gasteiger partial charge >= 0.3 is 6.18 Å².